The molecule has 2 heterocycles. The Labute approximate surface area is 184 Å². The number of nitrogens with one attached hydrogen (secondary N) is 1. The number of benzene rings is 1. The molecule has 2 unspecified atom stereocenters. The minimum Gasteiger partial charge on any atom is -0.383 e. The van der Waals surface area contributed by atoms with Crippen LogP contribution in [0.15, 0.2) is 12.1 Å². The number of nitrogens with two attached hydrogens (primary N) is 1. The minimum absolute atomic E-state index is 0.00674. The van der Waals surface area contributed by atoms with Gasteiger partial charge in [0.15, 0.2) is 0 Å². The van der Waals surface area contributed by atoms with Crippen LogP contribution in [0.1, 0.15) is 13.8 Å². The molecule has 1 aromatic heterocycles. The van der Waals surface area contributed by atoms with Crippen molar-refractivity contribution in [1.82, 2.24) is 15.3 Å². The van der Waals surface area contributed by atoms with Crippen LogP contribution in [0, 0.1) is 0 Å². The first kappa shape index (κ1) is 22.2. The van der Waals surface area contributed by atoms with Gasteiger partial charge in [0.2, 0.25) is 11.8 Å². The fourth-order valence-corrected chi connectivity index (χ4v) is 4.38. The van der Waals surface area contributed by atoms with E-state index in [2.05, 4.69) is 15.3 Å². The highest BCUT2D eigenvalue weighted by atomic mass is 35.5. The number of anilines is 2. The van der Waals surface area contributed by atoms with Crippen LogP contribution in [0.5, 0.6) is 5.88 Å². The fraction of sp³-hybridized carbons (Fsp3) is 0.412. The second-order valence-electron chi connectivity index (χ2n) is 7.00. The average molecular weight is 481 g/mol. The molecule has 0 saturated carbocycles. The maximum atomic E-state index is 11.9. The van der Waals surface area contributed by atoms with E-state index >= 15 is 0 Å². The fourth-order valence-electron chi connectivity index (χ4n) is 3.27. The van der Waals surface area contributed by atoms with E-state index in [0.29, 0.717) is 13.1 Å². The number of aromatic nitrogens is 2. The van der Waals surface area contributed by atoms with E-state index in [4.69, 9.17) is 44.7 Å². The molecule has 158 valence electrons. The highest BCUT2D eigenvalue weighted by Crippen LogP contribution is 2.43. The first-order chi connectivity index (χ1) is 13.4. The van der Waals surface area contributed by atoms with E-state index in [1.165, 1.54) is 12.1 Å². The van der Waals surface area contributed by atoms with Gasteiger partial charge in [0, 0.05) is 35.8 Å². The summed E-state index contributed by atoms with van der Waals surface area (Å²) in [6.45, 7) is 5.29. The van der Waals surface area contributed by atoms with Gasteiger partial charge in [-0.2, -0.15) is 18.4 Å². The molecule has 0 bridgehead atoms. The maximum absolute atomic E-state index is 11.9. The van der Waals surface area contributed by atoms with Gasteiger partial charge < -0.3 is 20.1 Å². The molecule has 8 nitrogen and oxygen atoms in total. The van der Waals surface area contributed by atoms with E-state index < -0.39 is 10.1 Å². The zero-order valence-electron chi connectivity index (χ0n) is 15.9. The monoisotopic (exact) mass is 479 g/mol. The van der Waals surface area contributed by atoms with Gasteiger partial charge in [0.05, 0.1) is 21.9 Å². The van der Waals surface area contributed by atoms with E-state index in [-0.39, 0.29) is 55.9 Å². The number of halogens is 3. The lowest BCUT2D eigenvalue weighted by molar-refractivity contribution is 0.402. The molecule has 1 fully saturated rings. The third kappa shape index (κ3) is 5.16. The van der Waals surface area contributed by atoms with E-state index in [9.17, 15) is 8.42 Å². The summed E-state index contributed by atoms with van der Waals surface area (Å²) >= 11 is 18.5. The smallest absolute Gasteiger partial charge is 0.307 e. The van der Waals surface area contributed by atoms with Crippen molar-refractivity contribution >= 4 is 56.7 Å². The number of hydrogen-bond acceptors (Lipinski definition) is 8. The zero-order chi connectivity index (χ0) is 21.5. The van der Waals surface area contributed by atoms with Gasteiger partial charge in [0.1, 0.15) is 5.82 Å². The summed E-state index contributed by atoms with van der Waals surface area (Å²) in [6, 6.07) is 3.32. The van der Waals surface area contributed by atoms with Crippen LogP contribution in [-0.4, -0.2) is 49.8 Å². The van der Waals surface area contributed by atoms with E-state index in [1.807, 2.05) is 18.7 Å². The molecular formula is C17H20Cl3N5O3S. The third-order valence-corrected chi connectivity index (χ3v) is 5.71. The molecule has 12 heteroatoms. The average Bonchev–Trinajstić information content (AvgIpc) is 2.56. The molecular weight excluding hydrogens is 461 g/mol. The standard InChI is InChI=1S/C17H20Cl3N5O3S/c1-8-6-25(7-9(2)22-8)17-23-15(21)13(16(24-17)28-29(3,26)27)11-4-10(18)5-12(19)14(11)20/h4-5,8-9,22H,6-7H2,1-3H3,(H2,21,23,24). The summed E-state index contributed by atoms with van der Waals surface area (Å²) < 4.78 is 28.9. The molecule has 1 aromatic carbocycles. The Kier molecular flexibility index (Phi) is 6.35. The number of nitrogens with zero attached hydrogens (tertiary/aromatic N) is 3. The zero-order valence-corrected chi connectivity index (χ0v) is 19.0. The summed E-state index contributed by atoms with van der Waals surface area (Å²) in [7, 11) is -3.91. The predicted molar refractivity (Wildman–Crippen MR) is 117 cm³/mol. The Balaban J connectivity index is 2.19. The van der Waals surface area contributed by atoms with Crippen molar-refractivity contribution in [1.29, 1.82) is 0 Å². The first-order valence-corrected chi connectivity index (χ1v) is 11.6. The predicted octanol–water partition coefficient (Wildman–Crippen LogP) is 3.21. The second kappa shape index (κ2) is 8.31. The lowest BCUT2D eigenvalue weighted by Crippen LogP contribution is -2.54. The topological polar surface area (TPSA) is 110 Å². The van der Waals surface area contributed by atoms with E-state index in [0.717, 1.165) is 6.26 Å². The summed E-state index contributed by atoms with van der Waals surface area (Å²) in [5, 5.41) is 3.99. The molecule has 2 aromatic rings. The Bertz CT molecular complexity index is 1040. The number of piperazine rings is 1. The van der Waals surface area contributed by atoms with Crippen LogP contribution in [0.25, 0.3) is 11.1 Å². The lowest BCUT2D eigenvalue weighted by Gasteiger charge is -2.36. The van der Waals surface area contributed by atoms with Crippen molar-refractivity contribution < 1.29 is 12.6 Å². The highest BCUT2D eigenvalue weighted by Gasteiger charge is 2.27. The van der Waals surface area contributed by atoms with Gasteiger partial charge in [-0.1, -0.05) is 34.8 Å². The van der Waals surface area contributed by atoms with Gasteiger partial charge >= 0.3 is 10.1 Å². The number of hydrogen-bond donors (Lipinski definition) is 2. The van der Waals surface area contributed by atoms with Gasteiger partial charge in [-0.15, -0.1) is 0 Å². The van der Waals surface area contributed by atoms with Gasteiger partial charge in [-0.05, 0) is 26.0 Å². The molecule has 0 radical (unpaired) electrons. The Morgan fingerprint density at radius 1 is 1.17 bits per heavy atom. The van der Waals surface area contributed by atoms with Crippen LogP contribution in [0.3, 0.4) is 0 Å². The Hall–Kier alpha value is -1.52. The van der Waals surface area contributed by atoms with Crippen molar-refractivity contribution in [2.75, 3.05) is 30.0 Å². The molecule has 1 aliphatic heterocycles. The van der Waals surface area contributed by atoms with E-state index in [1.54, 1.807) is 0 Å². The van der Waals surface area contributed by atoms with Gasteiger partial charge in [0.25, 0.3) is 0 Å². The molecule has 1 aliphatic rings. The van der Waals surface area contributed by atoms with Crippen LogP contribution in [-0.2, 0) is 10.1 Å². The van der Waals surface area contributed by atoms with Crippen molar-refractivity contribution in [2.24, 2.45) is 0 Å². The van der Waals surface area contributed by atoms with Crippen molar-refractivity contribution in [2.45, 2.75) is 25.9 Å². The number of rotatable bonds is 4. The lowest BCUT2D eigenvalue weighted by atomic mass is 10.1. The molecule has 29 heavy (non-hydrogen) atoms. The molecule has 0 aliphatic carbocycles. The van der Waals surface area contributed by atoms with Crippen molar-refractivity contribution in [3.63, 3.8) is 0 Å². The molecule has 1 saturated heterocycles. The highest BCUT2D eigenvalue weighted by molar-refractivity contribution is 7.86. The SMILES string of the molecule is CC1CN(c2nc(N)c(-c3cc(Cl)cc(Cl)c3Cl)c(OS(C)(=O)=O)n2)CC(C)N1. The first-order valence-electron chi connectivity index (χ1n) is 8.67. The number of nitrogen functional groups attached to an aromatic ring is 1. The summed E-state index contributed by atoms with van der Waals surface area (Å²) in [5.74, 6) is 0.0103. The van der Waals surface area contributed by atoms with Gasteiger partial charge in [-0.25, -0.2) is 0 Å². The molecule has 0 amide bonds. The van der Waals surface area contributed by atoms with Crippen molar-refractivity contribution in [3.8, 4) is 17.0 Å². The van der Waals surface area contributed by atoms with Crippen LogP contribution in [0.2, 0.25) is 15.1 Å². The molecule has 3 N–H and O–H groups in total. The summed E-state index contributed by atoms with van der Waals surface area (Å²) in [4.78, 5) is 10.6. The molecule has 0 spiro atoms. The summed E-state index contributed by atoms with van der Waals surface area (Å²) in [6.07, 6.45) is 0.913. The maximum Gasteiger partial charge on any atom is 0.307 e. The van der Waals surface area contributed by atoms with Gasteiger partial charge in [-0.3, -0.25) is 0 Å². The molecule has 3 rings (SSSR count). The van der Waals surface area contributed by atoms with Crippen LogP contribution in [0.4, 0.5) is 11.8 Å². The third-order valence-electron chi connectivity index (χ3n) is 4.23. The van der Waals surface area contributed by atoms with Crippen LogP contribution >= 0.6 is 34.8 Å². The Morgan fingerprint density at radius 3 is 2.38 bits per heavy atom. The van der Waals surface area contributed by atoms with Crippen molar-refractivity contribution in [3.05, 3.63) is 27.2 Å². The Morgan fingerprint density at radius 2 is 1.79 bits per heavy atom. The van der Waals surface area contributed by atoms with Crippen LogP contribution < -0.4 is 20.1 Å². The normalized spacial score (nSPS) is 20.0. The summed E-state index contributed by atoms with van der Waals surface area (Å²) in [5.41, 5.74) is 6.58. The quantitative estimate of drug-likeness (QED) is 0.507. The minimum atomic E-state index is -3.91. The largest absolute Gasteiger partial charge is 0.383 e. The second-order valence-corrected chi connectivity index (χ2v) is 9.80. The molecule has 2 atom stereocenters.